The summed E-state index contributed by atoms with van der Waals surface area (Å²) in [4.78, 5) is 12.6. The van der Waals surface area contributed by atoms with Crippen LogP contribution in [-0.2, 0) is 13.0 Å². The minimum atomic E-state index is -0.0446. The topological polar surface area (TPSA) is 45.8 Å². The van der Waals surface area contributed by atoms with Crippen LogP contribution in [0.15, 0.2) is 35.1 Å². The van der Waals surface area contributed by atoms with Gasteiger partial charge in [-0.05, 0) is 38.0 Å². The van der Waals surface area contributed by atoms with Gasteiger partial charge in [0.25, 0.3) is 5.56 Å². The third kappa shape index (κ3) is 3.05. The third-order valence-electron chi connectivity index (χ3n) is 3.64. The van der Waals surface area contributed by atoms with E-state index >= 15 is 0 Å². The number of aryl methyl sites for hydroxylation is 2. The lowest BCUT2D eigenvalue weighted by Gasteiger charge is -2.16. The zero-order chi connectivity index (χ0) is 15.4. The summed E-state index contributed by atoms with van der Waals surface area (Å²) in [5.74, 6) is 0. The minimum absolute atomic E-state index is 0.0446. The maximum Gasteiger partial charge on any atom is 0.255 e. The quantitative estimate of drug-likeness (QED) is 0.859. The minimum Gasteiger partial charge on any atom is -0.308 e. The van der Waals surface area contributed by atoms with Crippen LogP contribution in [0.2, 0.25) is 0 Å². The van der Waals surface area contributed by atoms with Gasteiger partial charge in [0.15, 0.2) is 0 Å². The highest BCUT2D eigenvalue weighted by Crippen LogP contribution is 2.24. The molecule has 0 saturated carbocycles. The number of nitrogens with zero attached hydrogens (tertiary/aromatic N) is 2. The third-order valence-corrected chi connectivity index (χ3v) is 3.64. The van der Waals surface area contributed by atoms with Crippen LogP contribution in [0.5, 0.6) is 0 Å². The molecule has 1 aromatic carbocycles. The monoisotopic (exact) mass is 280 g/mol. The number of hydrogen-bond donors (Lipinski definition) is 0. The van der Waals surface area contributed by atoms with Crippen molar-refractivity contribution in [1.82, 2.24) is 4.57 Å². The molecule has 1 aromatic heterocycles. The fourth-order valence-corrected chi connectivity index (χ4v) is 2.54. The first-order valence-corrected chi connectivity index (χ1v) is 7.25. The highest BCUT2D eigenvalue weighted by molar-refractivity contribution is 5.65. The number of hydrogen-bond acceptors (Lipinski definition) is 2. The Morgan fingerprint density at radius 1 is 1.19 bits per heavy atom. The summed E-state index contributed by atoms with van der Waals surface area (Å²) >= 11 is 0. The van der Waals surface area contributed by atoms with Gasteiger partial charge < -0.3 is 4.57 Å². The van der Waals surface area contributed by atoms with Crippen molar-refractivity contribution in [2.75, 3.05) is 0 Å². The molecular formula is C18H20N2O. The molecule has 0 spiro atoms. The average Bonchev–Trinajstić information content (AvgIpc) is 2.46. The van der Waals surface area contributed by atoms with Gasteiger partial charge in [-0.3, -0.25) is 4.79 Å². The maximum atomic E-state index is 12.6. The first kappa shape index (κ1) is 15.1. The van der Waals surface area contributed by atoms with Crippen LogP contribution in [0.3, 0.4) is 0 Å². The van der Waals surface area contributed by atoms with E-state index in [1.165, 1.54) is 5.56 Å². The summed E-state index contributed by atoms with van der Waals surface area (Å²) in [6.07, 6.45) is 1.05. The average molecular weight is 280 g/mol. The van der Waals surface area contributed by atoms with Crippen molar-refractivity contribution in [3.8, 4) is 17.3 Å². The smallest absolute Gasteiger partial charge is 0.255 e. The van der Waals surface area contributed by atoms with Crippen LogP contribution in [0.4, 0.5) is 0 Å². The molecule has 0 amide bonds. The molecule has 108 valence electrons. The van der Waals surface area contributed by atoms with Crippen LogP contribution in [0.25, 0.3) is 11.3 Å². The highest BCUT2D eigenvalue weighted by Gasteiger charge is 2.11. The van der Waals surface area contributed by atoms with Crippen LogP contribution in [0.1, 0.15) is 30.0 Å². The van der Waals surface area contributed by atoms with Gasteiger partial charge >= 0.3 is 0 Å². The molecule has 0 saturated heterocycles. The van der Waals surface area contributed by atoms with Crippen LogP contribution in [0, 0.1) is 25.2 Å². The molecule has 0 aliphatic heterocycles. The molecule has 3 nitrogen and oxygen atoms in total. The van der Waals surface area contributed by atoms with E-state index in [1.807, 2.05) is 6.07 Å². The molecule has 2 rings (SSSR count). The molecule has 2 aromatic rings. The Labute approximate surface area is 125 Å². The molecule has 0 N–H and O–H groups in total. The summed E-state index contributed by atoms with van der Waals surface area (Å²) < 4.78 is 1.80. The van der Waals surface area contributed by atoms with Crippen LogP contribution in [-0.4, -0.2) is 4.57 Å². The Hall–Kier alpha value is -2.34. The van der Waals surface area contributed by atoms with E-state index in [4.69, 9.17) is 5.26 Å². The second kappa shape index (κ2) is 6.41. The van der Waals surface area contributed by atoms with Crippen molar-refractivity contribution >= 4 is 0 Å². The van der Waals surface area contributed by atoms with E-state index in [0.717, 1.165) is 23.2 Å². The van der Waals surface area contributed by atoms with Gasteiger partial charge in [-0.2, -0.15) is 5.26 Å². The van der Waals surface area contributed by atoms with Crippen LogP contribution >= 0.6 is 0 Å². The van der Waals surface area contributed by atoms with E-state index in [-0.39, 0.29) is 12.0 Å². The number of aromatic nitrogens is 1. The first-order valence-electron chi connectivity index (χ1n) is 7.25. The summed E-state index contributed by atoms with van der Waals surface area (Å²) in [7, 11) is 0. The Kier molecular flexibility index (Phi) is 4.59. The Morgan fingerprint density at radius 3 is 2.62 bits per heavy atom. The molecule has 0 aliphatic rings. The number of pyridine rings is 1. The van der Waals surface area contributed by atoms with Crippen molar-refractivity contribution in [2.45, 2.75) is 40.2 Å². The van der Waals surface area contributed by atoms with Gasteiger partial charge in [0.05, 0.1) is 18.2 Å². The predicted molar refractivity (Wildman–Crippen MR) is 85.2 cm³/mol. The molecule has 0 fully saturated rings. The number of nitriles is 1. The van der Waals surface area contributed by atoms with E-state index < -0.39 is 0 Å². The van der Waals surface area contributed by atoms with Crippen molar-refractivity contribution in [3.63, 3.8) is 0 Å². The maximum absolute atomic E-state index is 12.6. The molecule has 0 aliphatic carbocycles. The van der Waals surface area contributed by atoms with E-state index in [2.05, 4.69) is 45.0 Å². The second-order valence-electron chi connectivity index (χ2n) is 5.35. The van der Waals surface area contributed by atoms with E-state index in [1.54, 1.807) is 10.6 Å². The fraction of sp³-hybridized carbons (Fsp3) is 0.333. The molecule has 1 heterocycles. The van der Waals surface area contributed by atoms with Crippen LogP contribution < -0.4 is 5.56 Å². The van der Waals surface area contributed by atoms with Crippen molar-refractivity contribution in [3.05, 3.63) is 57.4 Å². The van der Waals surface area contributed by atoms with Gasteiger partial charge in [0.2, 0.25) is 0 Å². The van der Waals surface area contributed by atoms with Gasteiger partial charge in [-0.25, -0.2) is 0 Å². The molecule has 0 bridgehead atoms. The Balaban J connectivity index is 2.69. The molecule has 0 atom stereocenters. The normalized spacial score (nSPS) is 10.4. The number of benzene rings is 1. The lowest BCUT2D eigenvalue weighted by atomic mass is 10.0. The fourth-order valence-electron chi connectivity index (χ4n) is 2.54. The van der Waals surface area contributed by atoms with Gasteiger partial charge in [0.1, 0.15) is 0 Å². The highest BCUT2D eigenvalue weighted by atomic mass is 16.1. The van der Waals surface area contributed by atoms with Crippen molar-refractivity contribution < 1.29 is 0 Å². The molecule has 21 heavy (non-hydrogen) atoms. The van der Waals surface area contributed by atoms with Gasteiger partial charge in [-0.15, -0.1) is 0 Å². The molecule has 0 unspecified atom stereocenters. The summed E-state index contributed by atoms with van der Waals surface area (Å²) in [5, 5.41) is 8.83. The Bertz CT molecular complexity index is 751. The number of rotatable bonds is 4. The molecule has 0 radical (unpaired) electrons. The Morgan fingerprint density at radius 2 is 1.95 bits per heavy atom. The lowest BCUT2D eigenvalue weighted by molar-refractivity contribution is 0.655. The lowest BCUT2D eigenvalue weighted by Crippen LogP contribution is -2.25. The zero-order valence-electron chi connectivity index (χ0n) is 12.8. The van der Waals surface area contributed by atoms with Gasteiger partial charge in [0, 0.05) is 17.7 Å². The van der Waals surface area contributed by atoms with Crippen molar-refractivity contribution in [1.29, 1.82) is 5.26 Å². The van der Waals surface area contributed by atoms with E-state index in [0.29, 0.717) is 12.1 Å². The molecular weight excluding hydrogens is 260 g/mol. The summed E-state index contributed by atoms with van der Waals surface area (Å²) in [6, 6.07) is 12.1. The standard InChI is InChI=1S/C18H20N2O/c1-4-11-20-17(8-7-15(9-10-19)18(20)21)16-12-13(2)5-6-14(16)3/h5-8,12H,4,9,11H2,1-3H3. The largest absolute Gasteiger partial charge is 0.308 e. The van der Waals surface area contributed by atoms with Crippen molar-refractivity contribution in [2.24, 2.45) is 0 Å². The van der Waals surface area contributed by atoms with Gasteiger partial charge in [-0.1, -0.05) is 30.7 Å². The SMILES string of the molecule is CCCn1c(-c2cc(C)ccc2C)ccc(CC#N)c1=O. The van der Waals surface area contributed by atoms with E-state index in [9.17, 15) is 4.79 Å². The molecule has 3 heteroatoms. The predicted octanol–water partition coefficient (Wildman–Crippen LogP) is 3.61. The first-order chi connectivity index (χ1) is 10.1. The summed E-state index contributed by atoms with van der Waals surface area (Å²) in [6.45, 7) is 6.82. The second-order valence-corrected chi connectivity index (χ2v) is 5.35. The zero-order valence-corrected chi connectivity index (χ0v) is 12.8. The summed E-state index contributed by atoms with van der Waals surface area (Å²) in [5.41, 5.74) is 4.87.